The second-order valence-electron chi connectivity index (χ2n) is 8.18. The minimum Gasteiger partial charge on any atom is -0.504 e. The molecule has 1 saturated heterocycles. The fourth-order valence-electron chi connectivity index (χ4n) is 3.89. The Morgan fingerprint density at radius 2 is 2.12 bits per heavy atom. The Bertz CT molecular complexity index is 1570. The SMILES string of the molecule is CO/N=C(\C(=O)N[C@@H]1C(=O)N2C(C(=O)O)=C(CSc3nnc(-c4ccc(O)c(O)c4)o3)CS[C@H]12)c1csc(N)n1. The molecule has 0 aliphatic carbocycles. The fourth-order valence-corrected chi connectivity index (χ4v) is 6.68. The Labute approximate surface area is 237 Å². The lowest BCUT2D eigenvalue weighted by Gasteiger charge is -2.49. The van der Waals surface area contributed by atoms with E-state index in [1.165, 1.54) is 42.5 Å². The molecule has 0 bridgehead atoms. The summed E-state index contributed by atoms with van der Waals surface area (Å²) in [4.78, 5) is 48.0. The molecule has 5 rings (SSSR count). The van der Waals surface area contributed by atoms with E-state index in [4.69, 9.17) is 15.0 Å². The number of rotatable bonds is 9. The van der Waals surface area contributed by atoms with Crippen molar-refractivity contribution in [3.05, 3.63) is 40.5 Å². The van der Waals surface area contributed by atoms with E-state index in [2.05, 4.69) is 25.7 Å². The maximum absolute atomic E-state index is 13.0. The van der Waals surface area contributed by atoms with Crippen LogP contribution in [0.15, 0.2) is 49.6 Å². The Balaban J connectivity index is 1.28. The first kappa shape index (κ1) is 27.3. The number of carboxylic acid groups (broad SMARTS) is 1. The summed E-state index contributed by atoms with van der Waals surface area (Å²) < 4.78 is 5.58. The number of thioether (sulfide) groups is 2. The maximum atomic E-state index is 13.0. The number of nitrogen functional groups attached to an aromatic ring is 1. The second kappa shape index (κ2) is 11.1. The molecule has 2 atom stereocenters. The van der Waals surface area contributed by atoms with Crippen LogP contribution in [0, 0.1) is 0 Å². The van der Waals surface area contributed by atoms with E-state index in [1.54, 1.807) is 0 Å². The number of anilines is 1. The number of β-lactam (4-membered cyclic amide) rings is 1. The third kappa shape index (κ3) is 5.15. The molecule has 40 heavy (non-hydrogen) atoms. The zero-order valence-corrected chi connectivity index (χ0v) is 22.7. The summed E-state index contributed by atoms with van der Waals surface area (Å²) in [6.07, 6.45) is 0. The van der Waals surface area contributed by atoms with Crippen LogP contribution in [0.5, 0.6) is 11.5 Å². The average Bonchev–Trinajstić information content (AvgIpc) is 3.59. The molecule has 0 spiro atoms. The molecule has 2 aliphatic rings. The number of carbonyl (C=O) groups is 3. The zero-order chi connectivity index (χ0) is 28.6. The normalized spacial score (nSPS) is 18.8. The molecule has 0 unspecified atom stereocenters. The number of benzene rings is 1. The van der Waals surface area contributed by atoms with Gasteiger partial charge in [-0.25, -0.2) is 9.78 Å². The van der Waals surface area contributed by atoms with E-state index in [9.17, 15) is 29.7 Å². The molecular formula is C22H19N7O8S3. The highest BCUT2D eigenvalue weighted by molar-refractivity contribution is 8.01. The molecule has 3 aromatic rings. The molecule has 6 N–H and O–H groups in total. The second-order valence-corrected chi connectivity index (χ2v) is 11.1. The molecule has 2 aliphatic heterocycles. The number of aromatic hydroxyl groups is 2. The van der Waals surface area contributed by atoms with Crippen LogP contribution in [0.25, 0.3) is 11.5 Å². The monoisotopic (exact) mass is 605 g/mol. The highest BCUT2D eigenvalue weighted by Gasteiger charge is 2.54. The van der Waals surface area contributed by atoms with Gasteiger partial charge in [0.25, 0.3) is 17.0 Å². The summed E-state index contributed by atoms with van der Waals surface area (Å²) in [7, 11) is 1.26. The number of nitrogens with one attached hydrogen (secondary N) is 1. The lowest BCUT2D eigenvalue weighted by atomic mass is 10.0. The van der Waals surface area contributed by atoms with Crippen LogP contribution in [-0.4, -0.2) is 88.9 Å². The quantitative estimate of drug-likeness (QED) is 0.0756. The Hall–Kier alpha value is -4.29. The first-order valence-electron chi connectivity index (χ1n) is 11.2. The smallest absolute Gasteiger partial charge is 0.352 e. The van der Waals surface area contributed by atoms with Crippen molar-refractivity contribution >= 4 is 63.5 Å². The van der Waals surface area contributed by atoms with Crippen molar-refractivity contribution in [2.75, 3.05) is 24.3 Å². The zero-order valence-electron chi connectivity index (χ0n) is 20.3. The van der Waals surface area contributed by atoms with Crippen molar-refractivity contribution in [3.8, 4) is 23.0 Å². The van der Waals surface area contributed by atoms with Crippen LogP contribution in [0.4, 0.5) is 5.13 Å². The van der Waals surface area contributed by atoms with Gasteiger partial charge in [-0.05, 0) is 23.8 Å². The van der Waals surface area contributed by atoms with Crippen molar-refractivity contribution in [2.45, 2.75) is 16.6 Å². The van der Waals surface area contributed by atoms with E-state index in [-0.39, 0.29) is 56.4 Å². The number of fused-ring (bicyclic) bond motifs is 1. The van der Waals surface area contributed by atoms with Crippen molar-refractivity contribution < 1.29 is 39.0 Å². The van der Waals surface area contributed by atoms with Crippen LogP contribution >= 0.6 is 34.9 Å². The number of hydrogen-bond acceptors (Lipinski definition) is 15. The summed E-state index contributed by atoms with van der Waals surface area (Å²) in [5.41, 5.74) is 6.31. The highest BCUT2D eigenvalue weighted by atomic mass is 32.2. The average molecular weight is 606 g/mol. The Kier molecular flexibility index (Phi) is 7.55. The number of oxime groups is 1. The van der Waals surface area contributed by atoms with E-state index in [0.717, 1.165) is 28.0 Å². The van der Waals surface area contributed by atoms with Gasteiger partial charge in [0.05, 0.1) is 0 Å². The molecule has 0 radical (unpaired) electrons. The molecule has 4 heterocycles. The molecule has 208 valence electrons. The van der Waals surface area contributed by atoms with Gasteiger partial charge in [0.15, 0.2) is 22.3 Å². The molecule has 2 amide bonds. The predicted molar refractivity (Wildman–Crippen MR) is 144 cm³/mol. The Morgan fingerprint density at radius 1 is 1.32 bits per heavy atom. The largest absolute Gasteiger partial charge is 0.504 e. The first-order chi connectivity index (χ1) is 19.2. The van der Waals surface area contributed by atoms with Crippen LogP contribution in [0.1, 0.15) is 5.69 Å². The first-order valence-corrected chi connectivity index (χ1v) is 14.1. The lowest BCUT2D eigenvalue weighted by Crippen LogP contribution is -2.71. The minimum atomic E-state index is -1.29. The number of hydrogen-bond donors (Lipinski definition) is 5. The summed E-state index contributed by atoms with van der Waals surface area (Å²) in [5, 5.41) is 44.4. The van der Waals surface area contributed by atoms with Gasteiger partial charge in [0.1, 0.15) is 29.9 Å². The van der Waals surface area contributed by atoms with Gasteiger partial charge >= 0.3 is 5.97 Å². The van der Waals surface area contributed by atoms with Crippen LogP contribution in [0.2, 0.25) is 0 Å². The van der Waals surface area contributed by atoms with Gasteiger partial charge in [0.2, 0.25) is 5.89 Å². The van der Waals surface area contributed by atoms with Gasteiger partial charge in [-0.15, -0.1) is 33.3 Å². The molecule has 1 aromatic carbocycles. The van der Waals surface area contributed by atoms with E-state index >= 15 is 0 Å². The number of thiazole rings is 1. The number of phenolic OH excluding ortho intramolecular Hbond substituents is 2. The summed E-state index contributed by atoms with van der Waals surface area (Å²) in [5.74, 6) is -2.74. The highest BCUT2D eigenvalue weighted by Crippen LogP contribution is 2.42. The number of nitrogens with zero attached hydrogens (tertiary/aromatic N) is 5. The number of carboxylic acids is 1. The van der Waals surface area contributed by atoms with Gasteiger partial charge < -0.3 is 35.6 Å². The summed E-state index contributed by atoms with van der Waals surface area (Å²) in [6, 6.07) is 3.04. The predicted octanol–water partition coefficient (Wildman–Crippen LogP) is 1.07. The Morgan fingerprint density at radius 3 is 2.80 bits per heavy atom. The van der Waals surface area contributed by atoms with Crippen molar-refractivity contribution in [2.24, 2.45) is 5.16 Å². The standard InChI is InChI=1S/C22H19N7O8S3/c1-36-28-13(10-7-39-21(23)24-10)16(32)25-14-18(33)29-15(20(34)35)9(5-38-19(14)29)6-40-22-27-26-17(37-22)8-2-3-11(30)12(31)4-8/h2-4,7,14,19,30-31H,5-6H2,1H3,(H2,23,24)(H,25,32)(H,34,35)/b28-13-/t14-,19-/m1/s1. The molecule has 15 nitrogen and oxygen atoms in total. The van der Waals surface area contributed by atoms with E-state index < -0.39 is 29.2 Å². The topological polar surface area (TPSA) is 227 Å². The number of aromatic nitrogens is 3. The number of carbonyl (C=O) groups excluding carboxylic acids is 2. The van der Waals surface area contributed by atoms with Gasteiger partial charge in [0, 0.05) is 22.4 Å². The van der Waals surface area contributed by atoms with Crippen LogP contribution in [-0.2, 0) is 19.2 Å². The van der Waals surface area contributed by atoms with E-state index in [0.29, 0.717) is 11.1 Å². The number of nitrogens with two attached hydrogens (primary N) is 1. The van der Waals surface area contributed by atoms with Crippen molar-refractivity contribution in [1.82, 2.24) is 25.4 Å². The van der Waals surface area contributed by atoms with Crippen molar-refractivity contribution in [1.29, 1.82) is 0 Å². The summed E-state index contributed by atoms with van der Waals surface area (Å²) >= 11 is 3.48. The lowest BCUT2D eigenvalue weighted by molar-refractivity contribution is -0.150. The molecule has 18 heteroatoms. The fraction of sp³-hybridized carbons (Fsp3) is 0.227. The van der Waals surface area contributed by atoms with Crippen molar-refractivity contribution in [3.63, 3.8) is 0 Å². The maximum Gasteiger partial charge on any atom is 0.352 e. The van der Waals surface area contributed by atoms with Gasteiger partial charge in [-0.1, -0.05) is 16.9 Å². The number of aliphatic carboxylic acids is 1. The third-order valence-corrected chi connectivity index (χ3v) is 8.62. The van der Waals surface area contributed by atoms with Gasteiger partial charge in [-0.3, -0.25) is 14.5 Å². The van der Waals surface area contributed by atoms with Crippen LogP contribution < -0.4 is 11.1 Å². The molecule has 1 fully saturated rings. The summed E-state index contributed by atoms with van der Waals surface area (Å²) in [6.45, 7) is 0. The van der Waals surface area contributed by atoms with Gasteiger partial charge in [-0.2, -0.15) is 0 Å². The van der Waals surface area contributed by atoms with Crippen LogP contribution in [0.3, 0.4) is 0 Å². The molecular weight excluding hydrogens is 586 g/mol. The molecule has 2 aromatic heterocycles. The van der Waals surface area contributed by atoms with E-state index in [1.807, 2.05) is 0 Å². The minimum absolute atomic E-state index is 0.0940. The third-order valence-electron chi connectivity index (χ3n) is 5.70. The number of amides is 2. The number of phenols is 2. The molecule has 0 saturated carbocycles.